The molecular formula is C18H24BrClN4O. The van der Waals surface area contributed by atoms with E-state index in [0.717, 1.165) is 47.1 Å². The Hall–Kier alpha value is -1.37. The van der Waals surface area contributed by atoms with E-state index < -0.39 is 5.54 Å². The number of hydrogen-bond donors (Lipinski definition) is 2. The second-order valence-electron chi connectivity index (χ2n) is 7.04. The van der Waals surface area contributed by atoms with Gasteiger partial charge >= 0.3 is 0 Å². The van der Waals surface area contributed by atoms with E-state index in [2.05, 4.69) is 26.3 Å². The summed E-state index contributed by atoms with van der Waals surface area (Å²) in [5.74, 6) is -0.137. The second-order valence-corrected chi connectivity index (χ2v) is 7.96. The molecule has 0 spiro atoms. The second kappa shape index (κ2) is 7.89. The van der Waals surface area contributed by atoms with Crippen LogP contribution in [0.1, 0.15) is 48.4 Å². The number of aromatic nitrogens is 2. The van der Waals surface area contributed by atoms with Gasteiger partial charge < -0.3 is 11.1 Å². The first-order chi connectivity index (χ1) is 11.3. The van der Waals surface area contributed by atoms with Gasteiger partial charge in [0.1, 0.15) is 0 Å². The van der Waals surface area contributed by atoms with Crippen molar-refractivity contribution in [2.24, 2.45) is 5.73 Å². The summed E-state index contributed by atoms with van der Waals surface area (Å²) in [6, 6.07) is 8.00. The Kier molecular flexibility index (Phi) is 6.30. The third-order valence-corrected chi connectivity index (χ3v) is 4.70. The molecule has 3 rings (SSSR count). The standard InChI is InChI=1S/C18H23BrN4O.ClH/c1-18(2,20)11-21-17(24)16-14-5-3-4-6-15(14)23(22-16)13-9-7-12(19)8-10-13;/h7-10H,3-6,11,20H2,1-2H3,(H,21,24);1H. The van der Waals surface area contributed by atoms with E-state index in [9.17, 15) is 4.79 Å². The molecule has 7 heteroatoms. The molecule has 0 radical (unpaired) electrons. The quantitative estimate of drug-likeness (QED) is 0.785. The first-order valence-electron chi connectivity index (χ1n) is 8.29. The fraction of sp³-hybridized carbons (Fsp3) is 0.444. The summed E-state index contributed by atoms with van der Waals surface area (Å²) in [5, 5.41) is 7.56. The molecule has 0 atom stereocenters. The topological polar surface area (TPSA) is 72.9 Å². The summed E-state index contributed by atoms with van der Waals surface area (Å²) < 4.78 is 2.94. The van der Waals surface area contributed by atoms with E-state index in [-0.39, 0.29) is 18.3 Å². The largest absolute Gasteiger partial charge is 0.349 e. The number of halogens is 2. The van der Waals surface area contributed by atoms with Gasteiger partial charge in [-0.25, -0.2) is 4.68 Å². The predicted octanol–water partition coefficient (Wildman–Crippen LogP) is 3.40. The molecule has 3 N–H and O–H groups in total. The lowest BCUT2D eigenvalue weighted by Gasteiger charge is -2.19. The summed E-state index contributed by atoms with van der Waals surface area (Å²) in [6.07, 6.45) is 4.09. The highest BCUT2D eigenvalue weighted by atomic mass is 79.9. The van der Waals surface area contributed by atoms with Gasteiger partial charge in [0.2, 0.25) is 0 Å². The van der Waals surface area contributed by atoms with Gasteiger partial charge in [-0.05, 0) is 63.8 Å². The lowest BCUT2D eigenvalue weighted by atomic mass is 9.95. The summed E-state index contributed by atoms with van der Waals surface area (Å²) in [6.45, 7) is 4.21. The molecule has 0 saturated heterocycles. The molecule has 1 aliphatic carbocycles. The molecule has 0 bridgehead atoms. The zero-order valence-electron chi connectivity index (χ0n) is 14.5. The number of carbonyl (C=O) groups excluding carboxylic acids is 1. The van der Waals surface area contributed by atoms with Crippen LogP contribution in [0.2, 0.25) is 0 Å². The van der Waals surface area contributed by atoms with E-state index >= 15 is 0 Å². The summed E-state index contributed by atoms with van der Waals surface area (Å²) in [5.41, 5.74) is 9.28. The Bertz CT molecular complexity index is 750. The number of benzene rings is 1. The molecule has 1 heterocycles. The maximum atomic E-state index is 12.6. The molecule has 25 heavy (non-hydrogen) atoms. The smallest absolute Gasteiger partial charge is 0.272 e. The van der Waals surface area contributed by atoms with Crippen molar-refractivity contribution in [3.05, 3.63) is 45.7 Å². The fourth-order valence-corrected chi connectivity index (χ4v) is 3.23. The summed E-state index contributed by atoms with van der Waals surface area (Å²) in [7, 11) is 0. The predicted molar refractivity (Wildman–Crippen MR) is 106 cm³/mol. The van der Waals surface area contributed by atoms with Crippen LogP contribution in [-0.4, -0.2) is 27.8 Å². The highest BCUT2D eigenvalue weighted by Crippen LogP contribution is 2.27. The van der Waals surface area contributed by atoms with Gasteiger partial charge in [0.15, 0.2) is 5.69 Å². The molecule has 136 valence electrons. The Balaban J connectivity index is 0.00000225. The average Bonchev–Trinajstić information content (AvgIpc) is 2.92. The van der Waals surface area contributed by atoms with Gasteiger partial charge in [0.25, 0.3) is 5.91 Å². The van der Waals surface area contributed by atoms with Crippen molar-refractivity contribution in [2.45, 2.75) is 45.1 Å². The molecule has 5 nitrogen and oxygen atoms in total. The Morgan fingerprint density at radius 3 is 2.56 bits per heavy atom. The minimum absolute atomic E-state index is 0. The average molecular weight is 428 g/mol. The van der Waals surface area contributed by atoms with Crippen molar-refractivity contribution in [3.63, 3.8) is 0 Å². The number of rotatable bonds is 4. The van der Waals surface area contributed by atoms with E-state index in [4.69, 9.17) is 5.73 Å². The van der Waals surface area contributed by atoms with Gasteiger partial charge in [-0.15, -0.1) is 12.4 Å². The molecule has 0 unspecified atom stereocenters. The van der Waals surface area contributed by atoms with Crippen LogP contribution in [0.3, 0.4) is 0 Å². The van der Waals surface area contributed by atoms with Crippen LogP contribution in [0.4, 0.5) is 0 Å². The molecular weight excluding hydrogens is 404 g/mol. The van der Waals surface area contributed by atoms with Crippen molar-refractivity contribution < 1.29 is 4.79 Å². The Labute approximate surface area is 162 Å². The van der Waals surface area contributed by atoms with Crippen molar-refractivity contribution in [1.82, 2.24) is 15.1 Å². The zero-order valence-corrected chi connectivity index (χ0v) is 16.9. The van der Waals surface area contributed by atoms with Gasteiger partial charge in [-0.3, -0.25) is 4.79 Å². The number of nitrogens with zero attached hydrogens (tertiary/aromatic N) is 2. The van der Waals surface area contributed by atoms with Crippen molar-refractivity contribution in [3.8, 4) is 5.69 Å². The highest BCUT2D eigenvalue weighted by molar-refractivity contribution is 9.10. The van der Waals surface area contributed by atoms with E-state index in [0.29, 0.717) is 12.2 Å². The maximum absolute atomic E-state index is 12.6. The number of nitrogens with one attached hydrogen (secondary N) is 1. The number of nitrogens with two attached hydrogens (primary N) is 1. The first kappa shape index (κ1) is 19.9. The number of hydrogen-bond acceptors (Lipinski definition) is 3. The Morgan fingerprint density at radius 2 is 1.92 bits per heavy atom. The third-order valence-electron chi connectivity index (χ3n) is 4.17. The van der Waals surface area contributed by atoms with Crippen LogP contribution in [-0.2, 0) is 12.8 Å². The molecule has 1 aliphatic rings. The van der Waals surface area contributed by atoms with Crippen LogP contribution in [0.5, 0.6) is 0 Å². The third kappa shape index (κ3) is 4.63. The zero-order chi connectivity index (χ0) is 17.3. The van der Waals surface area contributed by atoms with Crippen molar-refractivity contribution in [2.75, 3.05) is 6.54 Å². The SMILES string of the molecule is CC(C)(N)CNC(=O)c1nn(-c2ccc(Br)cc2)c2c1CCCC2.Cl. The van der Waals surface area contributed by atoms with Crippen molar-refractivity contribution in [1.29, 1.82) is 0 Å². The van der Waals surface area contributed by atoms with Crippen LogP contribution in [0, 0.1) is 0 Å². The van der Waals surface area contributed by atoms with Crippen LogP contribution in [0.25, 0.3) is 5.69 Å². The number of carbonyl (C=O) groups is 1. The molecule has 0 saturated carbocycles. The lowest BCUT2D eigenvalue weighted by Crippen LogP contribution is -2.45. The van der Waals surface area contributed by atoms with Gasteiger partial charge in [0, 0.05) is 27.8 Å². The summed E-state index contributed by atoms with van der Waals surface area (Å²) >= 11 is 3.45. The van der Waals surface area contributed by atoms with Gasteiger partial charge in [-0.1, -0.05) is 15.9 Å². The highest BCUT2D eigenvalue weighted by Gasteiger charge is 2.26. The van der Waals surface area contributed by atoms with E-state index in [1.807, 2.05) is 42.8 Å². The van der Waals surface area contributed by atoms with Crippen LogP contribution in [0.15, 0.2) is 28.7 Å². The van der Waals surface area contributed by atoms with E-state index in [1.54, 1.807) is 0 Å². The van der Waals surface area contributed by atoms with E-state index in [1.165, 1.54) is 0 Å². The van der Waals surface area contributed by atoms with Crippen LogP contribution < -0.4 is 11.1 Å². The first-order valence-corrected chi connectivity index (χ1v) is 9.08. The number of amides is 1. The maximum Gasteiger partial charge on any atom is 0.272 e. The normalized spacial score (nSPS) is 13.8. The lowest BCUT2D eigenvalue weighted by molar-refractivity contribution is 0.0939. The van der Waals surface area contributed by atoms with Crippen LogP contribution >= 0.6 is 28.3 Å². The molecule has 0 fully saturated rings. The molecule has 0 aliphatic heterocycles. The molecule has 2 aromatic rings. The molecule has 1 amide bonds. The number of fused-ring (bicyclic) bond motifs is 1. The summed E-state index contributed by atoms with van der Waals surface area (Å²) in [4.78, 5) is 12.6. The minimum Gasteiger partial charge on any atom is -0.349 e. The van der Waals surface area contributed by atoms with Crippen molar-refractivity contribution >= 4 is 34.2 Å². The minimum atomic E-state index is -0.440. The monoisotopic (exact) mass is 426 g/mol. The Morgan fingerprint density at radius 1 is 1.28 bits per heavy atom. The van der Waals surface area contributed by atoms with Gasteiger partial charge in [0.05, 0.1) is 5.69 Å². The molecule has 1 aromatic carbocycles. The molecule has 1 aromatic heterocycles. The fourth-order valence-electron chi connectivity index (χ4n) is 2.97. The van der Waals surface area contributed by atoms with Gasteiger partial charge in [-0.2, -0.15) is 5.10 Å².